The first-order chi connectivity index (χ1) is 9.03. The summed E-state index contributed by atoms with van der Waals surface area (Å²) in [5, 5.41) is 2.95. The van der Waals surface area contributed by atoms with Crippen molar-refractivity contribution in [3.63, 3.8) is 0 Å². The van der Waals surface area contributed by atoms with E-state index in [-0.39, 0.29) is 16.8 Å². The van der Waals surface area contributed by atoms with Crippen LogP contribution in [0.1, 0.15) is 31.9 Å². The van der Waals surface area contributed by atoms with Gasteiger partial charge >= 0.3 is 0 Å². The van der Waals surface area contributed by atoms with Crippen LogP contribution in [0.3, 0.4) is 0 Å². The largest absolute Gasteiger partial charge is 0.493 e. The van der Waals surface area contributed by atoms with Gasteiger partial charge in [0.2, 0.25) is 5.91 Å². The maximum Gasteiger partial charge on any atom is 0.234 e. The molecule has 0 aromatic heterocycles. The molecular weight excluding hydrogens is 310 g/mol. The average molecular weight is 330 g/mol. The van der Waals surface area contributed by atoms with Crippen molar-refractivity contribution in [2.45, 2.75) is 31.1 Å². The van der Waals surface area contributed by atoms with E-state index in [0.717, 1.165) is 12.0 Å². The highest BCUT2D eigenvalue weighted by atomic mass is 79.9. The van der Waals surface area contributed by atoms with E-state index in [1.165, 1.54) is 0 Å². The van der Waals surface area contributed by atoms with Gasteiger partial charge in [0, 0.05) is 0 Å². The van der Waals surface area contributed by atoms with Gasteiger partial charge in [-0.15, -0.1) is 0 Å². The molecule has 19 heavy (non-hydrogen) atoms. The van der Waals surface area contributed by atoms with Crippen LogP contribution in [0.2, 0.25) is 0 Å². The number of carbonyl (C=O) groups is 1. The fourth-order valence-corrected chi connectivity index (χ4v) is 1.83. The second-order valence-corrected chi connectivity index (χ2v) is 5.33. The van der Waals surface area contributed by atoms with Crippen LogP contribution in [0.5, 0.6) is 11.5 Å². The predicted octanol–water partition coefficient (Wildman–Crippen LogP) is 3.05. The van der Waals surface area contributed by atoms with Gasteiger partial charge in [-0.1, -0.05) is 28.9 Å². The van der Waals surface area contributed by atoms with Gasteiger partial charge in [-0.3, -0.25) is 4.79 Å². The van der Waals surface area contributed by atoms with E-state index in [9.17, 15) is 4.79 Å². The molecule has 4 nitrogen and oxygen atoms in total. The summed E-state index contributed by atoms with van der Waals surface area (Å²) in [7, 11) is 3.19. The molecule has 0 radical (unpaired) electrons. The first kappa shape index (κ1) is 15.8. The monoisotopic (exact) mass is 329 g/mol. The predicted molar refractivity (Wildman–Crippen MR) is 79.1 cm³/mol. The summed E-state index contributed by atoms with van der Waals surface area (Å²) in [6.07, 6.45) is 0.754. The zero-order valence-electron chi connectivity index (χ0n) is 11.7. The van der Waals surface area contributed by atoms with Gasteiger partial charge in [0.25, 0.3) is 0 Å². The van der Waals surface area contributed by atoms with Crippen LogP contribution >= 0.6 is 15.9 Å². The maximum atomic E-state index is 11.8. The van der Waals surface area contributed by atoms with E-state index in [1.54, 1.807) is 14.2 Å². The van der Waals surface area contributed by atoms with E-state index in [2.05, 4.69) is 21.2 Å². The Bertz CT molecular complexity index is 437. The molecule has 0 fully saturated rings. The Balaban J connectivity index is 2.82. The Kier molecular flexibility index (Phi) is 6.15. The van der Waals surface area contributed by atoms with Crippen molar-refractivity contribution in [1.29, 1.82) is 0 Å². The van der Waals surface area contributed by atoms with Gasteiger partial charge < -0.3 is 14.8 Å². The van der Waals surface area contributed by atoms with Crippen LogP contribution in [0.25, 0.3) is 0 Å². The Labute approximate surface area is 122 Å². The number of carbonyl (C=O) groups excluding carboxylic acids is 1. The molecule has 0 aliphatic rings. The van der Waals surface area contributed by atoms with Crippen molar-refractivity contribution >= 4 is 21.8 Å². The van der Waals surface area contributed by atoms with Gasteiger partial charge in [-0.2, -0.15) is 0 Å². The minimum Gasteiger partial charge on any atom is -0.493 e. The molecule has 1 aromatic rings. The van der Waals surface area contributed by atoms with Crippen LogP contribution in [-0.2, 0) is 4.79 Å². The van der Waals surface area contributed by atoms with Crippen LogP contribution in [-0.4, -0.2) is 25.0 Å². The van der Waals surface area contributed by atoms with Crippen LogP contribution in [0.15, 0.2) is 18.2 Å². The highest BCUT2D eigenvalue weighted by molar-refractivity contribution is 9.10. The number of benzene rings is 1. The molecule has 0 saturated heterocycles. The number of methoxy groups -OCH3 is 2. The molecule has 1 aromatic carbocycles. The zero-order valence-corrected chi connectivity index (χ0v) is 13.3. The normalized spacial score (nSPS) is 13.5. The lowest BCUT2D eigenvalue weighted by Crippen LogP contribution is -2.32. The van der Waals surface area contributed by atoms with Crippen LogP contribution in [0.4, 0.5) is 0 Å². The van der Waals surface area contributed by atoms with Crippen molar-refractivity contribution < 1.29 is 14.3 Å². The summed E-state index contributed by atoms with van der Waals surface area (Å²) in [5.74, 6) is 1.33. The first-order valence-electron chi connectivity index (χ1n) is 6.19. The van der Waals surface area contributed by atoms with Crippen molar-refractivity contribution in [1.82, 2.24) is 5.32 Å². The third kappa shape index (κ3) is 4.13. The molecule has 5 heteroatoms. The van der Waals surface area contributed by atoms with E-state index >= 15 is 0 Å². The third-order valence-corrected chi connectivity index (χ3v) is 3.97. The molecule has 2 atom stereocenters. The lowest BCUT2D eigenvalue weighted by molar-refractivity contribution is -0.121. The van der Waals surface area contributed by atoms with Gasteiger partial charge in [0.1, 0.15) is 0 Å². The van der Waals surface area contributed by atoms with E-state index in [1.807, 2.05) is 32.0 Å². The number of hydrogen-bond acceptors (Lipinski definition) is 3. The fraction of sp³-hybridized carbons (Fsp3) is 0.500. The topological polar surface area (TPSA) is 47.6 Å². The summed E-state index contributed by atoms with van der Waals surface area (Å²) in [4.78, 5) is 11.7. The molecule has 0 heterocycles. The first-order valence-corrected chi connectivity index (χ1v) is 7.11. The lowest BCUT2D eigenvalue weighted by Gasteiger charge is -2.18. The second kappa shape index (κ2) is 7.38. The Morgan fingerprint density at radius 2 is 1.95 bits per heavy atom. The van der Waals surface area contributed by atoms with Gasteiger partial charge in [-0.05, 0) is 31.0 Å². The molecule has 1 amide bonds. The minimum atomic E-state index is -0.157. The third-order valence-electron chi connectivity index (χ3n) is 2.91. The van der Waals surface area contributed by atoms with Crippen molar-refractivity contribution in [2.75, 3.05) is 14.2 Å². The van der Waals surface area contributed by atoms with Gasteiger partial charge in [-0.25, -0.2) is 0 Å². The molecule has 0 saturated carbocycles. The molecule has 1 rings (SSSR count). The second-order valence-electron chi connectivity index (χ2n) is 4.22. The molecule has 106 valence electrons. The molecule has 1 N–H and O–H groups in total. The smallest absolute Gasteiger partial charge is 0.234 e. The molecule has 0 aliphatic heterocycles. The van der Waals surface area contributed by atoms with E-state index in [0.29, 0.717) is 11.5 Å². The fourth-order valence-electron chi connectivity index (χ4n) is 1.69. The maximum absolute atomic E-state index is 11.8. The summed E-state index contributed by atoms with van der Waals surface area (Å²) < 4.78 is 10.4. The number of ether oxygens (including phenoxy) is 2. The Morgan fingerprint density at radius 3 is 2.47 bits per heavy atom. The zero-order chi connectivity index (χ0) is 14.4. The van der Waals surface area contributed by atoms with Crippen molar-refractivity contribution in [2.24, 2.45) is 0 Å². The van der Waals surface area contributed by atoms with E-state index in [4.69, 9.17) is 9.47 Å². The summed E-state index contributed by atoms with van der Waals surface area (Å²) in [6, 6.07) is 5.54. The standard InChI is InChI=1S/C14H20BrNO3/c1-5-11(15)14(17)16-9(2)10-6-7-12(18-3)13(8-10)19-4/h6-9,11H,5H2,1-4H3,(H,16,17). The highest BCUT2D eigenvalue weighted by Gasteiger charge is 2.17. The molecule has 0 bridgehead atoms. The number of rotatable bonds is 6. The average Bonchev–Trinajstić information content (AvgIpc) is 2.45. The minimum absolute atomic E-state index is 0.00946. The molecular formula is C14H20BrNO3. The van der Waals surface area contributed by atoms with Gasteiger partial charge in [0.15, 0.2) is 11.5 Å². The summed E-state index contributed by atoms with van der Waals surface area (Å²) in [6.45, 7) is 3.90. The number of amides is 1. The van der Waals surface area contributed by atoms with Crippen molar-refractivity contribution in [3.05, 3.63) is 23.8 Å². The van der Waals surface area contributed by atoms with Crippen LogP contribution < -0.4 is 14.8 Å². The molecule has 2 unspecified atom stereocenters. The molecule has 0 aliphatic carbocycles. The number of hydrogen-bond donors (Lipinski definition) is 1. The Hall–Kier alpha value is -1.23. The summed E-state index contributed by atoms with van der Waals surface area (Å²) >= 11 is 3.34. The molecule has 0 spiro atoms. The quantitative estimate of drug-likeness (QED) is 0.816. The van der Waals surface area contributed by atoms with Gasteiger partial charge in [0.05, 0.1) is 25.1 Å². The Morgan fingerprint density at radius 1 is 1.32 bits per heavy atom. The van der Waals surface area contributed by atoms with Crippen LogP contribution in [0, 0.1) is 0 Å². The summed E-state index contributed by atoms with van der Waals surface area (Å²) in [5.41, 5.74) is 0.974. The number of alkyl halides is 1. The number of halogens is 1. The number of nitrogens with one attached hydrogen (secondary N) is 1. The lowest BCUT2D eigenvalue weighted by atomic mass is 10.1. The van der Waals surface area contributed by atoms with Crippen molar-refractivity contribution in [3.8, 4) is 11.5 Å². The highest BCUT2D eigenvalue weighted by Crippen LogP contribution is 2.29. The van der Waals surface area contributed by atoms with E-state index < -0.39 is 0 Å². The SMILES string of the molecule is CCC(Br)C(=O)NC(C)c1ccc(OC)c(OC)c1.